The summed E-state index contributed by atoms with van der Waals surface area (Å²) in [6.07, 6.45) is 0.358. The van der Waals surface area contributed by atoms with Gasteiger partial charge in [0.05, 0.1) is 13.0 Å². The lowest BCUT2D eigenvalue weighted by Gasteiger charge is -2.36. The maximum atomic E-state index is 12.8. The maximum absolute atomic E-state index is 12.8. The minimum Gasteiger partial charge on any atom is -0.454 e. The first-order valence-electron chi connectivity index (χ1n) is 11.5. The molecule has 2 aromatic rings. The van der Waals surface area contributed by atoms with E-state index in [1.54, 1.807) is 0 Å². The third-order valence-electron chi connectivity index (χ3n) is 6.50. The van der Waals surface area contributed by atoms with E-state index in [1.807, 2.05) is 35.2 Å². The molecule has 2 saturated heterocycles. The molecule has 1 N–H and O–H groups in total. The van der Waals surface area contributed by atoms with Crippen LogP contribution in [0.1, 0.15) is 5.56 Å². The molecule has 176 valence electrons. The predicted molar refractivity (Wildman–Crippen MR) is 123 cm³/mol. The molecule has 0 radical (unpaired) electrons. The van der Waals surface area contributed by atoms with Crippen molar-refractivity contribution in [2.45, 2.75) is 6.42 Å². The number of hydrogen-bond donors (Lipinski definition) is 1. The van der Waals surface area contributed by atoms with Gasteiger partial charge in [-0.1, -0.05) is 6.07 Å². The summed E-state index contributed by atoms with van der Waals surface area (Å²) in [6, 6.07) is 9.72. The van der Waals surface area contributed by atoms with Crippen LogP contribution < -0.4 is 19.3 Å². The molecule has 0 atom stereocenters. The topological polar surface area (TPSA) is 94.5 Å². The monoisotopic (exact) mass is 454 g/mol. The molecule has 0 bridgehead atoms. The summed E-state index contributed by atoms with van der Waals surface area (Å²) in [5.74, 6) is 3.30. The first kappa shape index (κ1) is 21.7. The number of aromatic nitrogens is 2. The van der Waals surface area contributed by atoms with E-state index in [1.165, 1.54) is 0 Å². The smallest absolute Gasteiger partial charge is 0.231 e. The molecule has 0 aliphatic carbocycles. The van der Waals surface area contributed by atoms with E-state index in [9.17, 15) is 4.79 Å². The molecule has 10 nitrogen and oxygen atoms in total. The quantitative estimate of drug-likeness (QED) is 0.657. The number of fused-ring (bicyclic) bond motifs is 1. The summed E-state index contributed by atoms with van der Waals surface area (Å²) < 4.78 is 10.7. The van der Waals surface area contributed by atoms with Gasteiger partial charge in [-0.05, 0) is 29.8 Å². The van der Waals surface area contributed by atoms with Crippen LogP contribution in [-0.2, 0) is 11.2 Å². The van der Waals surface area contributed by atoms with E-state index in [-0.39, 0.29) is 19.3 Å². The Kier molecular flexibility index (Phi) is 6.45. The van der Waals surface area contributed by atoms with Crippen LogP contribution in [0, 0.1) is 0 Å². The molecule has 0 saturated carbocycles. The summed E-state index contributed by atoms with van der Waals surface area (Å²) in [7, 11) is 0. The van der Waals surface area contributed by atoms with Crippen molar-refractivity contribution in [3.05, 3.63) is 35.9 Å². The van der Waals surface area contributed by atoms with E-state index in [2.05, 4.69) is 24.9 Å². The van der Waals surface area contributed by atoms with Gasteiger partial charge in [-0.25, -0.2) is 0 Å². The van der Waals surface area contributed by atoms with Gasteiger partial charge in [0, 0.05) is 58.9 Å². The van der Waals surface area contributed by atoms with Gasteiger partial charge in [0.15, 0.2) is 23.1 Å². The minimum atomic E-state index is 0.121. The summed E-state index contributed by atoms with van der Waals surface area (Å²) >= 11 is 0. The van der Waals surface area contributed by atoms with Crippen molar-refractivity contribution in [2.24, 2.45) is 0 Å². The van der Waals surface area contributed by atoms with Crippen LogP contribution in [0.5, 0.6) is 11.5 Å². The maximum Gasteiger partial charge on any atom is 0.231 e. The molecule has 0 unspecified atom stereocenters. The van der Waals surface area contributed by atoms with Gasteiger partial charge in [0.2, 0.25) is 12.7 Å². The number of benzene rings is 1. The molecule has 1 aromatic heterocycles. The first-order valence-corrected chi connectivity index (χ1v) is 11.5. The fourth-order valence-electron chi connectivity index (χ4n) is 4.52. The fraction of sp³-hybridized carbons (Fsp3) is 0.522. The number of carbonyl (C=O) groups is 1. The van der Waals surface area contributed by atoms with Crippen molar-refractivity contribution in [2.75, 3.05) is 82.1 Å². The number of anilines is 2. The van der Waals surface area contributed by atoms with Crippen molar-refractivity contribution in [3.8, 4) is 11.5 Å². The van der Waals surface area contributed by atoms with E-state index in [0.29, 0.717) is 25.3 Å². The lowest BCUT2D eigenvalue weighted by atomic mass is 10.1. The lowest BCUT2D eigenvalue weighted by molar-refractivity contribution is -0.130. The van der Waals surface area contributed by atoms with Crippen molar-refractivity contribution >= 4 is 17.5 Å². The zero-order valence-corrected chi connectivity index (χ0v) is 18.7. The highest BCUT2D eigenvalue weighted by Gasteiger charge is 2.24. The molecule has 3 aliphatic heterocycles. The van der Waals surface area contributed by atoms with Crippen LogP contribution in [0.2, 0.25) is 0 Å². The summed E-state index contributed by atoms with van der Waals surface area (Å²) in [4.78, 5) is 21.4. The largest absolute Gasteiger partial charge is 0.454 e. The zero-order chi connectivity index (χ0) is 22.6. The van der Waals surface area contributed by atoms with Crippen LogP contribution in [0.3, 0.4) is 0 Å². The van der Waals surface area contributed by atoms with Crippen LogP contribution in [0.4, 0.5) is 11.6 Å². The van der Waals surface area contributed by atoms with Gasteiger partial charge in [0.25, 0.3) is 0 Å². The number of piperazine rings is 2. The van der Waals surface area contributed by atoms with Gasteiger partial charge in [0.1, 0.15) is 0 Å². The third kappa shape index (κ3) is 4.96. The predicted octanol–water partition coefficient (Wildman–Crippen LogP) is 0.211. The van der Waals surface area contributed by atoms with E-state index >= 15 is 0 Å². The second-order valence-electron chi connectivity index (χ2n) is 8.53. The number of nitrogens with zero attached hydrogens (tertiary/aromatic N) is 6. The second kappa shape index (κ2) is 9.80. The number of aliphatic hydroxyl groups is 1. The van der Waals surface area contributed by atoms with Crippen LogP contribution in [0.15, 0.2) is 30.3 Å². The van der Waals surface area contributed by atoms with Crippen molar-refractivity contribution in [1.82, 2.24) is 20.0 Å². The number of rotatable bonds is 6. The number of amides is 1. The zero-order valence-electron chi connectivity index (χ0n) is 18.7. The fourth-order valence-corrected chi connectivity index (χ4v) is 4.52. The Bertz CT molecular complexity index is 956. The highest BCUT2D eigenvalue weighted by atomic mass is 16.7. The Morgan fingerprint density at radius 3 is 2.12 bits per heavy atom. The van der Waals surface area contributed by atoms with Gasteiger partial charge in [-0.15, -0.1) is 10.2 Å². The molecule has 4 heterocycles. The van der Waals surface area contributed by atoms with Crippen molar-refractivity contribution in [3.63, 3.8) is 0 Å². The molecule has 1 amide bonds. The van der Waals surface area contributed by atoms with Gasteiger partial charge in [-0.2, -0.15) is 0 Å². The Balaban J connectivity index is 1.11. The Labute approximate surface area is 193 Å². The second-order valence-corrected chi connectivity index (χ2v) is 8.53. The number of ether oxygens (including phenoxy) is 2. The molecule has 0 spiro atoms. The molecule has 1 aromatic carbocycles. The van der Waals surface area contributed by atoms with Crippen molar-refractivity contribution in [1.29, 1.82) is 0 Å². The average Bonchev–Trinajstić information content (AvgIpc) is 3.33. The number of aliphatic hydroxyl groups excluding tert-OH is 1. The minimum absolute atomic E-state index is 0.121. The van der Waals surface area contributed by atoms with E-state index in [0.717, 1.165) is 68.8 Å². The summed E-state index contributed by atoms with van der Waals surface area (Å²) in [5.41, 5.74) is 0.935. The Hall–Kier alpha value is -3.11. The van der Waals surface area contributed by atoms with Crippen LogP contribution in [0.25, 0.3) is 0 Å². The Morgan fingerprint density at radius 2 is 1.48 bits per heavy atom. The van der Waals surface area contributed by atoms with Gasteiger partial charge >= 0.3 is 0 Å². The molecule has 10 heteroatoms. The normalized spacial score (nSPS) is 18.6. The highest BCUT2D eigenvalue weighted by Crippen LogP contribution is 2.32. The number of β-amino-alcohol motifs (C(OH)–C–C–N with tert-alkyl or cyclic N) is 1. The van der Waals surface area contributed by atoms with Gasteiger partial charge < -0.3 is 29.3 Å². The SMILES string of the molecule is O=C(Cc1ccc2c(c1)OCO2)N1CCN(c2ccc(N3CCN(CCO)CC3)nn2)CC1. The Morgan fingerprint density at radius 1 is 0.848 bits per heavy atom. The van der Waals surface area contributed by atoms with E-state index in [4.69, 9.17) is 14.6 Å². The first-order chi connectivity index (χ1) is 16.2. The molecule has 5 rings (SSSR count). The summed E-state index contributed by atoms with van der Waals surface area (Å²) in [5, 5.41) is 18.0. The number of hydrogen-bond acceptors (Lipinski definition) is 9. The molecular formula is C23H30N6O4. The standard InChI is InChI=1S/C23H30N6O4/c30-14-13-26-5-7-27(8-6-26)21-3-4-22(25-24-21)28-9-11-29(12-10-28)23(31)16-18-1-2-19-20(15-18)33-17-32-19/h1-4,15,30H,5-14,16-17H2. The third-order valence-corrected chi connectivity index (χ3v) is 6.50. The molecule has 33 heavy (non-hydrogen) atoms. The van der Waals surface area contributed by atoms with Crippen LogP contribution in [-0.4, -0.2) is 103 Å². The molecule has 2 fully saturated rings. The highest BCUT2D eigenvalue weighted by molar-refractivity contribution is 5.79. The average molecular weight is 455 g/mol. The van der Waals surface area contributed by atoms with Crippen LogP contribution >= 0.6 is 0 Å². The van der Waals surface area contributed by atoms with Gasteiger partial charge in [-0.3, -0.25) is 9.69 Å². The summed E-state index contributed by atoms with van der Waals surface area (Å²) in [6.45, 7) is 7.59. The number of carbonyl (C=O) groups excluding carboxylic acids is 1. The molecule has 3 aliphatic rings. The van der Waals surface area contributed by atoms with E-state index < -0.39 is 0 Å². The molecular weight excluding hydrogens is 424 g/mol. The lowest BCUT2D eigenvalue weighted by Crippen LogP contribution is -2.49. The van der Waals surface area contributed by atoms with Crippen molar-refractivity contribution < 1.29 is 19.4 Å².